The van der Waals surface area contributed by atoms with Gasteiger partial charge in [-0.3, -0.25) is 0 Å². The molecule has 0 saturated carbocycles. The molecule has 0 aliphatic carbocycles. The van der Waals surface area contributed by atoms with E-state index < -0.39 is 5.97 Å². The van der Waals surface area contributed by atoms with Crippen LogP contribution in [-0.4, -0.2) is 26.3 Å². The topological polar surface area (TPSA) is 56.8 Å². The van der Waals surface area contributed by atoms with Crippen LogP contribution in [0.4, 0.5) is 5.69 Å². The predicted octanol–water partition coefficient (Wildman–Crippen LogP) is 1.56. The lowest BCUT2D eigenvalue weighted by molar-refractivity contribution is -0.134. The molecule has 0 unspecified atom stereocenters. The molecule has 5 nitrogen and oxygen atoms in total. The van der Waals surface area contributed by atoms with Crippen molar-refractivity contribution in [2.75, 3.05) is 25.6 Å². The van der Waals surface area contributed by atoms with Crippen molar-refractivity contribution in [3.05, 3.63) is 30.5 Å². The number of fused-ring (bicyclic) bond motifs is 1. The molecule has 1 aromatic rings. The molecule has 90 valence electrons. The maximum Gasteiger partial charge on any atom is 0.331 e. The summed E-state index contributed by atoms with van der Waals surface area (Å²) in [5, 5.41) is 2.94. The Bertz CT molecular complexity index is 442. The number of esters is 1. The van der Waals surface area contributed by atoms with Gasteiger partial charge in [-0.05, 0) is 12.1 Å². The average Bonchev–Trinajstić information content (AvgIpc) is 2.38. The van der Waals surface area contributed by atoms with Gasteiger partial charge in [0, 0.05) is 24.0 Å². The fourth-order valence-corrected chi connectivity index (χ4v) is 1.41. The van der Waals surface area contributed by atoms with Crippen molar-refractivity contribution in [2.45, 2.75) is 0 Å². The Morgan fingerprint density at radius 3 is 2.88 bits per heavy atom. The maximum atomic E-state index is 10.8. The van der Waals surface area contributed by atoms with Crippen LogP contribution in [0.25, 0.3) is 0 Å². The molecule has 1 aromatic carbocycles. The van der Waals surface area contributed by atoms with Crippen LogP contribution in [0.1, 0.15) is 0 Å². The third-order valence-electron chi connectivity index (χ3n) is 2.21. The molecular formula is C12H13NO4. The third kappa shape index (κ3) is 2.90. The first-order valence-electron chi connectivity index (χ1n) is 5.20. The lowest BCUT2D eigenvalue weighted by Gasteiger charge is -2.18. The first kappa shape index (κ1) is 11.3. The molecule has 0 bridgehead atoms. The molecule has 0 saturated heterocycles. The Kier molecular flexibility index (Phi) is 3.49. The average molecular weight is 235 g/mol. The molecule has 1 aliphatic rings. The van der Waals surface area contributed by atoms with E-state index in [4.69, 9.17) is 9.47 Å². The number of nitrogens with one attached hydrogen (secondary N) is 1. The highest BCUT2D eigenvalue weighted by atomic mass is 16.6. The second-order valence-electron chi connectivity index (χ2n) is 3.36. The lowest BCUT2D eigenvalue weighted by atomic mass is 10.2. The van der Waals surface area contributed by atoms with E-state index in [9.17, 15) is 4.79 Å². The van der Waals surface area contributed by atoms with Crippen molar-refractivity contribution in [1.29, 1.82) is 0 Å². The van der Waals surface area contributed by atoms with Crippen molar-refractivity contribution in [3.63, 3.8) is 0 Å². The summed E-state index contributed by atoms with van der Waals surface area (Å²) < 4.78 is 15.3. The van der Waals surface area contributed by atoms with E-state index in [-0.39, 0.29) is 0 Å². The van der Waals surface area contributed by atoms with Crippen LogP contribution in [0.15, 0.2) is 30.5 Å². The van der Waals surface area contributed by atoms with Crippen molar-refractivity contribution in [3.8, 4) is 11.5 Å². The van der Waals surface area contributed by atoms with E-state index in [2.05, 4.69) is 10.1 Å². The van der Waals surface area contributed by atoms with Gasteiger partial charge in [0.1, 0.15) is 13.2 Å². The molecule has 0 spiro atoms. The monoisotopic (exact) mass is 235 g/mol. The molecule has 17 heavy (non-hydrogen) atoms. The zero-order chi connectivity index (χ0) is 12.1. The molecule has 0 atom stereocenters. The number of carbonyl (C=O) groups excluding carboxylic acids is 1. The van der Waals surface area contributed by atoms with E-state index in [1.165, 1.54) is 19.4 Å². The summed E-state index contributed by atoms with van der Waals surface area (Å²) in [5.74, 6) is 1.03. The highest BCUT2D eigenvalue weighted by Crippen LogP contribution is 2.32. The van der Waals surface area contributed by atoms with Crippen LogP contribution < -0.4 is 14.8 Å². The van der Waals surface area contributed by atoms with E-state index in [1.807, 2.05) is 18.2 Å². The molecule has 1 N–H and O–H groups in total. The summed E-state index contributed by atoms with van der Waals surface area (Å²) in [4.78, 5) is 10.8. The van der Waals surface area contributed by atoms with Gasteiger partial charge in [-0.15, -0.1) is 0 Å². The maximum absolute atomic E-state index is 10.8. The Balaban J connectivity index is 2.02. The summed E-state index contributed by atoms with van der Waals surface area (Å²) in [6.45, 7) is 1.12. The second-order valence-corrected chi connectivity index (χ2v) is 3.36. The SMILES string of the molecule is COC(=O)/C=C/Nc1ccc2c(c1)OCCO2. The highest BCUT2D eigenvalue weighted by Gasteiger charge is 2.10. The first-order chi connectivity index (χ1) is 8.29. The van der Waals surface area contributed by atoms with Crippen LogP contribution in [0.3, 0.4) is 0 Å². The smallest absolute Gasteiger partial charge is 0.331 e. The number of methoxy groups -OCH3 is 1. The number of hydrogen-bond donors (Lipinski definition) is 1. The quantitative estimate of drug-likeness (QED) is 0.636. The number of carbonyl (C=O) groups is 1. The zero-order valence-electron chi connectivity index (χ0n) is 9.43. The molecule has 2 rings (SSSR count). The van der Waals surface area contributed by atoms with Crippen LogP contribution >= 0.6 is 0 Å². The minimum absolute atomic E-state index is 0.407. The number of ether oxygens (including phenoxy) is 3. The molecule has 1 aliphatic heterocycles. The van der Waals surface area contributed by atoms with Crippen molar-refractivity contribution in [1.82, 2.24) is 0 Å². The van der Waals surface area contributed by atoms with Crippen molar-refractivity contribution in [2.24, 2.45) is 0 Å². The molecule has 0 aromatic heterocycles. The van der Waals surface area contributed by atoms with Gasteiger partial charge in [0.05, 0.1) is 7.11 Å². The molecular weight excluding hydrogens is 222 g/mol. The summed E-state index contributed by atoms with van der Waals surface area (Å²) in [6.07, 6.45) is 2.81. The lowest BCUT2D eigenvalue weighted by Crippen LogP contribution is -2.15. The van der Waals surface area contributed by atoms with Crippen LogP contribution in [0, 0.1) is 0 Å². The molecule has 1 heterocycles. The number of anilines is 1. The molecule has 5 heteroatoms. The van der Waals surface area contributed by atoms with Gasteiger partial charge >= 0.3 is 5.97 Å². The largest absolute Gasteiger partial charge is 0.486 e. The van der Waals surface area contributed by atoms with Crippen molar-refractivity contribution < 1.29 is 19.0 Å². The summed E-state index contributed by atoms with van der Waals surface area (Å²) in [7, 11) is 1.33. The number of hydrogen-bond acceptors (Lipinski definition) is 5. The van der Waals surface area contributed by atoms with Gasteiger partial charge in [0.25, 0.3) is 0 Å². The van der Waals surface area contributed by atoms with E-state index >= 15 is 0 Å². The van der Waals surface area contributed by atoms with Gasteiger partial charge in [0.2, 0.25) is 0 Å². The number of benzene rings is 1. The van der Waals surface area contributed by atoms with E-state index in [0.717, 1.165) is 11.4 Å². The summed E-state index contributed by atoms with van der Waals surface area (Å²) in [6, 6.07) is 5.48. The molecule has 0 fully saturated rings. The van der Waals surface area contributed by atoms with Crippen LogP contribution in [0.5, 0.6) is 11.5 Å². The molecule has 0 radical (unpaired) electrons. The first-order valence-corrected chi connectivity index (χ1v) is 5.20. The standard InChI is InChI=1S/C12H13NO4/c1-15-12(14)4-5-13-9-2-3-10-11(8-9)17-7-6-16-10/h2-5,8,13H,6-7H2,1H3/b5-4+. The zero-order valence-corrected chi connectivity index (χ0v) is 9.43. The Morgan fingerprint density at radius 1 is 1.35 bits per heavy atom. The second kappa shape index (κ2) is 5.25. The predicted molar refractivity (Wildman–Crippen MR) is 62.2 cm³/mol. The third-order valence-corrected chi connectivity index (χ3v) is 2.21. The minimum Gasteiger partial charge on any atom is -0.486 e. The Morgan fingerprint density at radius 2 is 2.12 bits per heavy atom. The van der Waals surface area contributed by atoms with Crippen molar-refractivity contribution >= 4 is 11.7 Å². The number of rotatable bonds is 3. The minimum atomic E-state index is -0.407. The van der Waals surface area contributed by atoms with Gasteiger partial charge in [-0.25, -0.2) is 4.79 Å². The summed E-state index contributed by atoms with van der Waals surface area (Å²) in [5.41, 5.74) is 0.814. The highest BCUT2D eigenvalue weighted by molar-refractivity contribution is 5.82. The van der Waals surface area contributed by atoms with Gasteiger partial charge < -0.3 is 19.5 Å². The van der Waals surface area contributed by atoms with E-state index in [1.54, 1.807) is 0 Å². The van der Waals surface area contributed by atoms with Gasteiger partial charge in [-0.1, -0.05) is 0 Å². The normalized spacial score (nSPS) is 13.5. The van der Waals surface area contributed by atoms with Crippen LogP contribution in [-0.2, 0) is 9.53 Å². The fraction of sp³-hybridized carbons (Fsp3) is 0.250. The van der Waals surface area contributed by atoms with Gasteiger partial charge in [-0.2, -0.15) is 0 Å². The van der Waals surface area contributed by atoms with Crippen LogP contribution in [0.2, 0.25) is 0 Å². The summed E-state index contributed by atoms with van der Waals surface area (Å²) >= 11 is 0. The Labute approximate surface area is 99.0 Å². The van der Waals surface area contributed by atoms with Gasteiger partial charge in [0.15, 0.2) is 11.5 Å². The molecule has 0 amide bonds. The Hall–Kier alpha value is -2.17. The fourth-order valence-electron chi connectivity index (χ4n) is 1.41. The van der Waals surface area contributed by atoms with E-state index in [0.29, 0.717) is 19.0 Å².